The third-order valence-electron chi connectivity index (χ3n) is 4.81. The van der Waals surface area contributed by atoms with Gasteiger partial charge in [0.1, 0.15) is 11.8 Å². The molecule has 0 spiro atoms. The first kappa shape index (κ1) is 23.8. The third-order valence-corrected chi connectivity index (χ3v) is 5.83. The standard InChI is InChI=1S/C24H32N2O3S/c1-4-5-15-25-24(28)19(2)26(18-20-10-9-11-21(17-20)29-3)23(27)14-16-30-22-12-7-6-8-13-22/h6-13,17,19H,4-5,14-16,18H2,1-3H3,(H,25,28). The summed E-state index contributed by atoms with van der Waals surface area (Å²) in [6.07, 6.45) is 2.31. The summed E-state index contributed by atoms with van der Waals surface area (Å²) in [5.41, 5.74) is 0.937. The van der Waals surface area contributed by atoms with Crippen LogP contribution in [0, 0.1) is 0 Å². The fourth-order valence-electron chi connectivity index (χ4n) is 3.00. The SMILES string of the molecule is CCCCNC(=O)C(C)N(Cc1cccc(OC)c1)C(=O)CCSc1ccccc1. The normalized spacial score (nSPS) is 11.6. The summed E-state index contributed by atoms with van der Waals surface area (Å²) in [6.45, 7) is 4.88. The Morgan fingerprint density at radius 1 is 1.13 bits per heavy atom. The van der Waals surface area contributed by atoms with Crippen LogP contribution < -0.4 is 10.1 Å². The van der Waals surface area contributed by atoms with Gasteiger partial charge in [-0.2, -0.15) is 0 Å². The molecule has 2 aromatic rings. The van der Waals surface area contributed by atoms with E-state index in [1.54, 1.807) is 30.7 Å². The number of hydrogen-bond acceptors (Lipinski definition) is 4. The number of carbonyl (C=O) groups is 2. The Hall–Kier alpha value is -2.47. The lowest BCUT2D eigenvalue weighted by molar-refractivity contribution is -0.140. The smallest absolute Gasteiger partial charge is 0.242 e. The highest BCUT2D eigenvalue weighted by Crippen LogP contribution is 2.20. The molecule has 1 N–H and O–H groups in total. The second kappa shape index (κ2) is 13.0. The molecule has 0 fully saturated rings. The molecule has 30 heavy (non-hydrogen) atoms. The van der Waals surface area contributed by atoms with Gasteiger partial charge < -0.3 is 15.0 Å². The summed E-state index contributed by atoms with van der Waals surface area (Å²) in [4.78, 5) is 28.5. The van der Waals surface area contributed by atoms with Crippen molar-refractivity contribution in [3.05, 3.63) is 60.2 Å². The molecule has 2 amide bonds. The highest BCUT2D eigenvalue weighted by atomic mass is 32.2. The molecular weight excluding hydrogens is 396 g/mol. The topological polar surface area (TPSA) is 58.6 Å². The molecule has 1 atom stereocenters. The van der Waals surface area contributed by atoms with Crippen molar-refractivity contribution in [1.82, 2.24) is 10.2 Å². The van der Waals surface area contributed by atoms with Gasteiger partial charge in [-0.3, -0.25) is 9.59 Å². The van der Waals surface area contributed by atoms with Crippen molar-refractivity contribution in [3.8, 4) is 5.75 Å². The lowest BCUT2D eigenvalue weighted by atomic mass is 10.1. The summed E-state index contributed by atoms with van der Waals surface area (Å²) in [5, 5.41) is 2.95. The molecule has 1 unspecified atom stereocenters. The minimum absolute atomic E-state index is 0.0283. The van der Waals surface area contributed by atoms with E-state index in [9.17, 15) is 9.59 Å². The van der Waals surface area contributed by atoms with Crippen LogP contribution in [0.5, 0.6) is 5.75 Å². The number of nitrogens with one attached hydrogen (secondary N) is 1. The number of rotatable bonds is 12. The zero-order chi connectivity index (χ0) is 21.8. The molecule has 0 saturated carbocycles. The highest BCUT2D eigenvalue weighted by molar-refractivity contribution is 7.99. The number of ether oxygens (including phenoxy) is 1. The second-order valence-corrected chi connectivity index (χ2v) is 8.27. The van der Waals surface area contributed by atoms with E-state index in [2.05, 4.69) is 12.2 Å². The Balaban J connectivity index is 2.06. The molecule has 0 aliphatic heterocycles. The van der Waals surface area contributed by atoms with E-state index in [-0.39, 0.29) is 11.8 Å². The van der Waals surface area contributed by atoms with E-state index in [1.165, 1.54) is 0 Å². The lowest BCUT2D eigenvalue weighted by Crippen LogP contribution is -2.47. The quantitative estimate of drug-likeness (QED) is 0.399. The van der Waals surface area contributed by atoms with Crippen LogP contribution in [0.4, 0.5) is 0 Å². The fraction of sp³-hybridized carbons (Fsp3) is 0.417. The maximum Gasteiger partial charge on any atom is 0.242 e. The summed E-state index contributed by atoms with van der Waals surface area (Å²) in [5.74, 6) is 1.26. The van der Waals surface area contributed by atoms with Crippen LogP contribution in [-0.2, 0) is 16.1 Å². The highest BCUT2D eigenvalue weighted by Gasteiger charge is 2.25. The van der Waals surface area contributed by atoms with Crippen molar-refractivity contribution in [3.63, 3.8) is 0 Å². The van der Waals surface area contributed by atoms with Crippen LogP contribution in [-0.4, -0.2) is 42.2 Å². The molecule has 0 heterocycles. The molecule has 162 valence electrons. The maximum atomic E-state index is 13.1. The number of nitrogens with zero attached hydrogens (tertiary/aromatic N) is 1. The van der Waals surface area contributed by atoms with E-state index in [0.29, 0.717) is 25.3 Å². The summed E-state index contributed by atoms with van der Waals surface area (Å²) < 4.78 is 5.30. The van der Waals surface area contributed by atoms with Crippen LogP contribution in [0.3, 0.4) is 0 Å². The molecule has 2 rings (SSSR count). The van der Waals surface area contributed by atoms with Gasteiger partial charge in [0.15, 0.2) is 0 Å². The zero-order valence-corrected chi connectivity index (χ0v) is 18.9. The molecule has 0 bridgehead atoms. The Labute approximate surface area is 184 Å². The first-order chi connectivity index (χ1) is 14.5. The van der Waals surface area contributed by atoms with Gasteiger partial charge in [0.25, 0.3) is 0 Å². The van der Waals surface area contributed by atoms with Crippen molar-refractivity contribution in [1.29, 1.82) is 0 Å². The minimum Gasteiger partial charge on any atom is -0.497 e. The molecule has 0 radical (unpaired) electrons. The fourth-order valence-corrected chi connectivity index (χ4v) is 3.86. The Bertz CT molecular complexity index is 798. The predicted molar refractivity (Wildman–Crippen MR) is 123 cm³/mol. The first-order valence-electron chi connectivity index (χ1n) is 10.4. The number of unbranched alkanes of at least 4 members (excludes halogenated alkanes) is 1. The van der Waals surface area contributed by atoms with Crippen LogP contribution in [0.15, 0.2) is 59.5 Å². The average Bonchev–Trinajstić information content (AvgIpc) is 2.77. The van der Waals surface area contributed by atoms with Gasteiger partial charge in [0.2, 0.25) is 11.8 Å². The predicted octanol–water partition coefficient (Wildman–Crippen LogP) is 4.51. The van der Waals surface area contributed by atoms with Crippen molar-refractivity contribution in [2.75, 3.05) is 19.4 Å². The number of amides is 2. The van der Waals surface area contributed by atoms with Gasteiger partial charge in [-0.1, -0.05) is 43.7 Å². The number of thioether (sulfide) groups is 1. The summed E-state index contributed by atoms with van der Waals surface area (Å²) >= 11 is 1.65. The Kier molecular flexibility index (Phi) is 10.3. The van der Waals surface area contributed by atoms with E-state index in [0.717, 1.165) is 29.1 Å². The Morgan fingerprint density at radius 2 is 1.90 bits per heavy atom. The van der Waals surface area contributed by atoms with E-state index in [4.69, 9.17) is 4.74 Å². The number of methoxy groups -OCH3 is 1. The van der Waals surface area contributed by atoms with Crippen LogP contribution in [0.1, 0.15) is 38.7 Å². The van der Waals surface area contributed by atoms with Gasteiger partial charge in [0, 0.05) is 30.2 Å². The lowest BCUT2D eigenvalue weighted by Gasteiger charge is -2.29. The van der Waals surface area contributed by atoms with Crippen molar-refractivity contribution in [2.24, 2.45) is 0 Å². The van der Waals surface area contributed by atoms with Crippen LogP contribution in [0.2, 0.25) is 0 Å². The van der Waals surface area contributed by atoms with E-state index in [1.807, 2.05) is 54.6 Å². The summed E-state index contributed by atoms with van der Waals surface area (Å²) in [7, 11) is 1.62. The zero-order valence-electron chi connectivity index (χ0n) is 18.1. The second-order valence-electron chi connectivity index (χ2n) is 7.11. The monoisotopic (exact) mass is 428 g/mol. The molecule has 0 aromatic heterocycles. The van der Waals surface area contributed by atoms with Crippen molar-refractivity contribution >= 4 is 23.6 Å². The maximum absolute atomic E-state index is 13.1. The van der Waals surface area contributed by atoms with E-state index < -0.39 is 6.04 Å². The van der Waals surface area contributed by atoms with E-state index >= 15 is 0 Å². The summed E-state index contributed by atoms with van der Waals surface area (Å²) in [6, 6.07) is 17.1. The number of carbonyl (C=O) groups excluding carboxylic acids is 2. The largest absolute Gasteiger partial charge is 0.497 e. The molecule has 0 aliphatic rings. The van der Waals surface area contributed by atoms with Gasteiger partial charge in [-0.05, 0) is 43.2 Å². The average molecular weight is 429 g/mol. The molecule has 0 aliphatic carbocycles. The third kappa shape index (κ3) is 7.75. The minimum atomic E-state index is -0.540. The molecule has 6 heteroatoms. The van der Waals surface area contributed by atoms with Gasteiger partial charge in [0.05, 0.1) is 7.11 Å². The molecule has 0 saturated heterocycles. The van der Waals surface area contributed by atoms with Crippen LogP contribution in [0.25, 0.3) is 0 Å². The van der Waals surface area contributed by atoms with Gasteiger partial charge in [-0.15, -0.1) is 11.8 Å². The Morgan fingerprint density at radius 3 is 2.60 bits per heavy atom. The van der Waals surface area contributed by atoms with Crippen molar-refractivity contribution in [2.45, 2.75) is 50.6 Å². The van der Waals surface area contributed by atoms with Crippen molar-refractivity contribution < 1.29 is 14.3 Å². The van der Waals surface area contributed by atoms with Gasteiger partial charge >= 0.3 is 0 Å². The first-order valence-corrected chi connectivity index (χ1v) is 11.4. The molecule has 2 aromatic carbocycles. The molecular formula is C24H32N2O3S. The number of benzene rings is 2. The number of hydrogen-bond donors (Lipinski definition) is 1. The van der Waals surface area contributed by atoms with Crippen LogP contribution >= 0.6 is 11.8 Å². The molecule has 5 nitrogen and oxygen atoms in total. The van der Waals surface area contributed by atoms with Gasteiger partial charge in [-0.25, -0.2) is 0 Å².